The molecule has 1 N–H and O–H groups in total. The van der Waals surface area contributed by atoms with E-state index in [9.17, 15) is 9.59 Å². The standard InChI is InChI=1S/C8H11N3O3/c1-3-5-9-7(12)6(11-10-5)8(13)14-4-2/h3-4H2,1-2H3,(H,9,10,12). The molecular formula is C8H11N3O3. The molecule has 0 bridgehead atoms. The number of hydrogen-bond acceptors (Lipinski definition) is 5. The van der Waals surface area contributed by atoms with Crippen molar-refractivity contribution in [2.24, 2.45) is 0 Å². The molecule has 6 heteroatoms. The van der Waals surface area contributed by atoms with E-state index in [1.165, 1.54) is 0 Å². The molecule has 0 radical (unpaired) electrons. The Labute approximate surface area is 80.3 Å². The number of carbonyl (C=O) groups excluding carboxylic acids is 1. The number of carbonyl (C=O) groups is 1. The third-order valence-corrected chi connectivity index (χ3v) is 1.55. The van der Waals surface area contributed by atoms with Gasteiger partial charge in [-0.2, -0.15) is 0 Å². The topological polar surface area (TPSA) is 84.9 Å². The van der Waals surface area contributed by atoms with E-state index in [0.29, 0.717) is 12.2 Å². The summed E-state index contributed by atoms with van der Waals surface area (Å²) in [6.07, 6.45) is 0.561. The van der Waals surface area contributed by atoms with Crippen LogP contribution in [-0.4, -0.2) is 27.8 Å². The van der Waals surface area contributed by atoms with E-state index in [2.05, 4.69) is 19.9 Å². The smallest absolute Gasteiger partial charge is 0.364 e. The molecule has 76 valence electrons. The van der Waals surface area contributed by atoms with E-state index >= 15 is 0 Å². The minimum atomic E-state index is -0.746. The highest BCUT2D eigenvalue weighted by Gasteiger charge is 2.14. The number of nitrogens with zero attached hydrogens (tertiary/aromatic N) is 2. The monoisotopic (exact) mass is 197 g/mol. The van der Waals surface area contributed by atoms with Crippen molar-refractivity contribution in [3.63, 3.8) is 0 Å². The molecule has 1 rings (SSSR count). The number of ether oxygens (including phenoxy) is 1. The highest BCUT2D eigenvalue weighted by Crippen LogP contribution is 1.90. The summed E-state index contributed by atoms with van der Waals surface area (Å²) in [7, 11) is 0. The zero-order valence-electron chi connectivity index (χ0n) is 8.03. The minimum absolute atomic E-state index is 0.204. The van der Waals surface area contributed by atoms with Crippen LogP contribution in [0, 0.1) is 0 Å². The molecule has 0 fully saturated rings. The number of rotatable bonds is 3. The lowest BCUT2D eigenvalue weighted by Crippen LogP contribution is -2.24. The van der Waals surface area contributed by atoms with Crippen LogP contribution in [0.3, 0.4) is 0 Å². The maximum absolute atomic E-state index is 11.3. The Morgan fingerprint density at radius 3 is 2.64 bits per heavy atom. The van der Waals surface area contributed by atoms with Crippen molar-refractivity contribution in [3.05, 3.63) is 21.9 Å². The van der Waals surface area contributed by atoms with Crippen LogP contribution in [0.25, 0.3) is 0 Å². The molecule has 0 saturated carbocycles. The number of hydrogen-bond donors (Lipinski definition) is 1. The van der Waals surface area contributed by atoms with Gasteiger partial charge >= 0.3 is 5.97 Å². The van der Waals surface area contributed by atoms with E-state index in [1.807, 2.05) is 6.92 Å². The fraction of sp³-hybridized carbons (Fsp3) is 0.500. The van der Waals surface area contributed by atoms with Gasteiger partial charge in [0.05, 0.1) is 6.61 Å². The first kappa shape index (κ1) is 10.4. The van der Waals surface area contributed by atoms with Gasteiger partial charge in [0.2, 0.25) is 5.69 Å². The summed E-state index contributed by atoms with van der Waals surface area (Å²) in [6, 6.07) is 0. The predicted octanol–water partition coefficient (Wildman–Crippen LogP) is -0.0960. The molecule has 0 atom stereocenters. The van der Waals surface area contributed by atoms with Crippen molar-refractivity contribution in [2.75, 3.05) is 6.61 Å². The van der Waals surface area contributed by atoms with Crippen molar-refractivity contribution in [2.45, 2.75) is 20.3 Å². The normalized spacial score (nSPS) is 9.86. The van der Waals surface area contributed by atoms with Gasteiger partial charge in [0.15, 0.2) is 0 Å². The van der Waals surface area contributed by atoms with Crippen molar-refractivity contribution in [1.29, 1.82) is 0 Å². The van der Waals surface area contributed by atoms with Crippen molar-refractivity contribution in [3.8, 4) is 0 Å². The van der Waals surface area contributed by atoms with Gasteiger partial charge in [0.1, 0.15) is 5.82 Å². The number of aromatic nitrogens is 3. The van der Waals surface area contributed by atoms with Crippen LogP contribution >= 0.6 is 0 Å². The van der Waals surface area contributed by atoms with Gasteiger partial charge in [0, 0.05) is 6.42 Å². The van der Waals surface area contributed by atoms with Crippen LogP contribution in [0.15, 0.2) is 4.79 Å². The Morgan fingerprint density at radius 2 is 2.14 bits per heavy atom. The molecule has 0 aliphatic rings. The maximum Gasteiger partial charge on any atom is 0.364 e. The van der Waals surface area contributed by atoms with Crippen LogP contribution in [0.4, 0.5) is 0 Å². The molecule has 0 saturated heterocycles. The van der Waals surface area contributed by atoms with E-state index < -0.39 is 11.5 Å². The summed E-state index contributed by atoms with van der Waals surface area (Å²) >= 11 is 0. The summed E-state index contributed by atoms with van der Waals surface area (Å²) in [6.45, 7) is 3.68. The van der Waals surface area contributed by atoms with E-state index in [1.54, 1.807) is 6.92 Å². The molecule has 1 heterocycles. The maximum atomic E-state index is 11.3. The van der Waals surface area contributed by atoms with E-state index in [4.69, 9.17) is 0 Å². The summed E-state index contributed by atoms with van der Waals surface area (Å²) < 4.78 is 4.62. The Morgan fingerprint density at radius 1 is 1.43 bits per heavy atom. The number of nitrogens with one attached hydrogen (secondary N) is 1. The van der Waals surface area contributed by atoms with Crippen LogP contribution in [0.1, 0.15) is 30.2 Å². The first-order valence-corrected chi connectivity index (χ1v) is 4.32. The molecule has 1 aromatic rings. The number of H-pyrrole nitrogens is 1. The van der Waals surface area contributed by atoms with Gasteiger partial charge in [-0.1, -0.05) is 6.92 Å². The number of aryl methyl sites for hydroxylation is 1. The Bertz CT molecular complexity index is 386. The highest BCUT2D eigenvalue weighted by atomic mass is 16.5. The minimum Gasteiger partial charge on any atom is -0.461 e. The van der Waals surface area contributed by atoms with Crippen LogP contribution in [0.2, 0.25) is 0 Å². The fourth-order valence-corrected chi connectivity index (χ4v) is 0.863. The lowest BCUT2D eigenvalue weighted by Gasteiger charge is -1.99. The molecule has 14 heavy (non-hydrogen) atoms. The van der Waals surface area contributed by atoms with Crippen LogP contribution < -0.4 is 5.56 Å². The fourth-order valence-electron chi connectivity index (χ4n) is 0.863. The van der Waals surface area contributed by atoms with Crippen LogP contribution in [0.5, 0.6) is 0 Å². The molecule has 0 aliphatic heterocycles. The predicted molar refractivity (Wildman–Crippen MR) is 48.0 cm³/mol. The SMILES string of the molecule is CCOC(=O)c1nnc(CC)[nH]c1=O. The van der Waals surface area contributed by atoms with Gasteiger partial charge in [-0.05, 0) is 6.92 Å². The van der Waals surface area contributed by atoms with Crippen molar-refractivity contribution < 1.29 is 9.53 Å². The Hall–Kier alpha value is -1.72. The molecule has 6 nitrogen and oxygen atoms in total. The van der Waals surface area contributed by atoms with Crippen molar-refractivity contribution in [1.82, 2.24) is 15.2 Å². The summed E-state index contributed by atoms with van der Waals surface area (Å²) in [5, 5.41) is 7.15. The lowest BCUT2D eigenvalue weighted by atomic mass is 10.4. The first-order valence-electron chi connectivity index (χ1n) is 4.32. The second-order valence-electron chi connectivity index (χ2n) is 2.52. The Kier molecular flexibility index (Phi) is 3.33. The molecule has 0 aliphatic carbocycles. The quantitative estimate of drug-likeness (QED) is 0.684. The molecule has 0 aromatic carbocycles. The highest BCUT2D eigenvalue weighted by molar-refractivity contribution is 5.86. The number of esters is 1. The second-order valence-corrected chi connectivity index (χ2v) is 2.52. The molecule has 0 amide bonds. The van der Waals surface area contributed by atoms with Crippen molar-refractivity contribution >= 4 is 5.97 Å². The van der Waals surface area contributed by atoms with Crippen LogP contribution in [-0.2, 0) is 11.2 Å². The summed E-state index contributed by atoms with van der Waals surface area (Å²) in [5.41, 5.74) is -0.862. The molecule has 0 spiro atoms. The summed E-state index contributed by atoms with van der Waals surface area (Å²) in [4.78, 5) is 24.8. The largest absolute Gasteiger partial charge is 0.461 e. The van der Waals surface area contributed by atoms with Gasteiger partial charge in [-0.25, -0.2) is 4.79 Å². The molecular weight excluding hydrogens is 186 g/mol. The molecule has 0 unspecified atom stereocenters. The second kappa shape index (κ2) is 4.50. The first-order chi connectivity index (χ1) is 6.69. The number of aromatic amines is 1. The third-order valence-electron chi connectivity index (χ3n) is 1.55. The van der Waals surface area contributed by atoms with Gasteiger partial charge < -0.3 is 9.72 Å². The summed E-state index contributed by atoms with van der Waals surface area (Å²) in [5.74, 6) is -0.299. The van der Waals surface area contributed by atoms with Gasteiger partial charge in [0.25, 0.3) is 5.56 Å². The van der Waals surface area contributed by atoms with E-state index in [0.717, 1.165) is 0 Å². The lowest BCUT2D eigenvalue weighted by molar-refractivity contribution is 0.0515. The van der Waals surface area contributed by atoms with Gasteiger partial charge in [-0.15, -0.1) is 10.2 Å². The molecule has 1 aromatic heterocycles. The Balaban J connectivity index is 3.00. The van der Waals surface area contributed by atoms with Gasteiger partial charge in [-0.3, -0.25) is 4.79 Å². The zero-order chi connectivity index (χ0) is 10.6. The zero-order valence-corrected chi connectivity index (χ0v) is 8.03. The third kappa shape index (κ3) is 2.15. The van der Waals surface area contributed by atoms with E-state index in [-0.39, 0.29) is 12.3 Å². The average molecular weight is 197 g/mol. The average Bonchev–Trinajstić information content (AvgIpc) is 2.17.